The number of allylic oxidation sites excluding steroid dienone is 1. The van der Waals surface area contributed by atoms with Crippen LogP contribution in [0.15, 0.2) is 76.3 Å². The van der Waals surface area contributed by atoms with E-state index >= 15 is 0 Å². The molecular formula is C25H21FN4O3S. The van der Waals surface area contributed by atoms with Crippen molar-refractivity contribution >= 4 is 22.9 Å². The number of amides is 2. The summed E-state index contributed by atoms with van der Waals surface area (Å²) in [6.45, 7) is 2.29. The second kappa shape index (κ2) is 9.11. The molecule has 2 aromatic heterocycles. The van der Waals surface area contributed by atoms with E-state index in [1.807, 2.05) is 54.8 Å². The first kappa shape index (κ1) is 21.8. The number of thiophene rings is 1. The summed E-state index contributed by atoms with van der Waals surface area (Å²) in [6, 6.07) is 17.3. The molecule has 9 heteroatoms. The Morgan fingerprint density at radius 1 is 1.18 bits per heavy atom. The molecular weight excluding hydrogens is 455 g/mol. The molecule has 0 saturated carbocycles. The molecule has 0 spiro atoms. The largest absolute Gasteiger partial charge is 0.494 e. The fraction of sp³-hybridized carbons (Fsp3) is 0.160. The molecule has 7 nitrogen and oxygen atoms in total. The fourth-order valence-corrected chi connectivity index (χ4v) is 4.65. The minimum Gasteiger partial charge on any atom is -0.494 e. The number of nitrogens with zero attached hydrogens (tertiary/aromatic N) is 3. The summed E-state index contributed by atoms with van der Waals surface area (Å²) >= 11 is 1.58. The molecule has 34 heavy (non-hydrogen) atoms. The number of hydrogen-bond donors (Lipinski definition) is 1. The molecule has 1 aliphatic rings. The van der Waals surface area contributed by atoms with E-state index in [1.54, 1.807) is 22.3 Å². The molecule has 5 rings (SSSR count). The first-order valence-corrected chi connectivity index (χ1v) is 11.5. The van der Waals surface area contributed by atoms with E-state index in [0.717, 1.165) is 10.4 Å². The van der Waals surface area contributed by atoms with Gasteiger partial charge >= 0.3 is 6.03 Å². The van der Waals surface area contributed by atoms with Gasteiger partial charge in [0.1, 0.15) is 0 Å². The Morgan fingerprint density at radius 3 is 2.71 bits per heavy atom. The number of aromatic nitrogens is 2. The van der Waals surface area contributed by atoms with Crippen LogP contribution < -0.4 is 10.1 Å². The highest BCUT2D eigenvalue weighted by molar-refractivity contribution is 7.09. The maximum atomic E-state index is 14.2. The standard InChI is InChI=1S/C25H21FN4O3S/c1-15-21(24-28-23(29-33-24)17-10-11-20(32-2)19(26)13-17)22(16-7-4-3-5-8-16)27-25(31)30(15)14-18-9-6-12-34-18/h3-13,22H,14H2,1-2H3,(H,27,31). The topological polar surface area (TPSA) is 80.5 Å². The Kier molecular flexibility index (Phi) is 5.85. The van der Waals surface area contributed by atoms with Crippen molar-refractivity contribution in [1.29, 1.82) is 0 Å². The summed E-state index contributed by atoms with van der Waals surface area (Å²) < 4.78 is 24.9. The Labute approximate surface area is 199 Å². The molecule has 172 valence electrons. The van der Waals surface area contributed by atoms with Crippen LogP contribution in [0.5, 0.6) is 5.75 Å². The first-order valence-electron chi connectivity index (χ1n) is 10.6. The number of ether oxygens (including phenoxy) is 1. The molecule has 1 N–H and O–H groups in total. The van der Waals surface area contributed by atoms with Gasteiger partial charge in [-0.25, -0.2) is 9.18 Å². The van der Waals surface area contributed by atoms with Crippen molar-refractivity contribution in [1.82, 2.24) is 20.4 Å². The zero-order valence-corrected chi connectivity index (χ0v) is 19.3. The Balaban J connectivity index is 1.58. The number of methoxy groups -OCH3 is 1. The van der Waals surface area contributed by atoms with Crippen LogP contribution in [-0.4, -0.2) is 28.2 Å². The maximum Gasteiger partial charge on any atom is 0.322 e. The average Bonchev–Trinajstić information content (AvgIpc) is 3.54. The van der Waals surface area contributed by atoms with Crippen LogP contribution in [0.4, 0.5) is 9.18 Å². The summed E-state index contributed by atoms with van der Waals surface area (Å²) in [5, 5.41) is 9.13. The Hall–Kier alpha value is -3.98. The third-order valence-corrected chi connectivity index (χ3v) is 6.55. The minimum absolute atomic E-state index is 0.134. The van der Waals surface area contributed by atoms with E-state index in [-0.39, 0.29) is 23.5 Å². The molecule has 1 unspecified atom stereocenters. The minimum atomic E-state index is -0.518. The SMILES string of the molecule is COc1ccc(-c2noc(C3=C(C)N(Cc4cccs4)C(=O)NC3c3ccccc3)n2)cc1F. The van der Waals surface area contributed by atoms with Gasteiger partial charge in [0.15, 0.2) is 11.6 Å². The molecule has 1 atom stereocenters. The van der Waals surface area contributed by atoms with Gasteiger partial charge in [-0.15, -0.1) is 11.3 Å². The second-order valence-electron chi connectivity index (χ2n) is 7.73. The number of carbonyl (C=O) groups excluding carboxylic acids is 1. The third kappa shape index (κ3) is 4.06. The third-order valence-electron chi connectivity index (χ3n) is 5.69. The summed E-state index contributed by atoms with van der Waals surface area (Å²) in [4.78, 5) is 20.4. The molecule has 2 aromatic carbocycles. The molecule has 3 heterocycles. The van der Waals surface area contributed by atoms with Gasteiger partial charge in [0, 0.05) is 16.1 Å². The monoisotopic (exact) mass is 476 g/mol. The average molecular weight is 477 g/mol. The van der Waals surface area contributed by atoms with Crippen LogP contribution in [-0.2, 0) is 6.54 Å². The zero-order valence-electron chi connectivity index (χ0n) is 18.5. The van der Waals surface area contributed by atoms with E-state index in [0.29, 0.717) is 23.4 Å². The quantitative estimate of drug-likeness (QED) is 0.389. The Bertz CT molecular complexity index is 1350. The molecule has 2 amide bonds. The Morgan fingerprint density at radius 2 is 2.00 bits per heavy atom. The molecule has 1 aliphatic heterocycles. The van der Waals surface area contributed by atoms with Crippen LogP contribution in [0.25, 0.3) is 17.0 Å². The van der Waals surface area contributed by atoms with Gasteiger partial charge in [-0.3, -0.25) is 4.90 Å². The van der Waals surface area contributed by atoms with Crippen molar-refractivity contribution in [2.24, 2.45) is 0 Å². The molecule has 0 saturated heterocycles. The van der Waals surface area contributed by atoms with Crippen LogP contribution in [0.2, 0.25) is 0 Å². The predicted octanol–water partition coefficient (Wildman–Crippen LogP) is 5.64. The second-order valence-corrected chi connectivity index (χ2v) is 8.76. The van der Waals surface area contributed by atoms with Crippen molar-refractivity contribution in [3.8, 4) is 17.1 Å². The van der Waals surface area contributed by atoms with Gasteiger partial charge in [0.05, 0.1) is 25.3 Å². The van der Waals surface area contributed by atoms with E-state index in [4.69, 9.17) is 9.26 Å². The number of urea groups is 1. The summed E-state index contributed by atoms with van der Waals surface area (Å²) in [5.74, 6) is 0.115. The van der Waals surface area contributed by atoms with Gasteiger partial charge in [-0.05, 0) is 42.1 Å². The van der Waals surface area contributed by atoms with Crippen LogP contribution in [0, 0.1) is 5.82 Å². The van der Waals surface area contributed by atoms with Gasteiger partial charge in [0.2, 0.25) is 5.82 Å². The van der Waals surface area contributed by atoms with Crippen LogP contribution in [0.3, 0.4) is 0 Å². The van der Waals surface area contributed by atoms with E-state index in [2.05, 4.69) is 15.5 Å². The van der Waals surface area contributed by atoms with Gasteiger partial charge in [-0.1, -0.05) is 41.6 Å². The molecule has 4 aromatic rings. The highest BCUT2D eigenvalue weighted by Crippen LogP contribution is 2.38. The predicted molar refractivity (Wildman–Crippen MR) is 126 cm³/mol. The van der Waals surface area contributed by atoms with Crippen molar-refractivity contribution in [2.45, 2.75) is 19.5 Å². The molecule has 0 aliphatic carbocycles. The molecule has 0 radical (unpaired) electrons. The maximum absolute atomic E-state index is 14.2. The number of carbonyl (C=O) groups is 1. The number of nitrogens with one attached hydrogen (secondary N) is 1. The summed E-state index contributed by atoms with van der Waals surface area (Å²) in [7, 11) is 1.41. The highest BCUT2D eigenvalue weighted by Gasteiger charge is 2.35. The highest BCUT2D eigenvalue weighted by atomic mass is 32.1. The van der Waals surface area contributed by atoms with Gasteiger partial charge in [0.25, 0.3) is 5.89 Å². The lowest BCUT2D eigenvalue weighted by molar-refractivity contribution is 0.203. The van der Waals surface area contributed by atoms with E-state index in [9.17, 15) is 9.18 Å². The smallest absolute Gasteiger partial charge is 0.322 e. The first-order chi connectivity index (χ1) is 16.5. The fourth-order valence-electron chi connectivity index (χ4n) is 3.96. The number of hydrogen-bond acceptors (Lipinski definition) is 6. The number of benzene rings is 2. The van der Waals surface area contributed by atoms with E-state index < -0.39 is 11.9 Å². The normalized spacial score (nSPS) is 16.0. The van der Waals surface area contributed by atoms with E-state index in [1.165, 1.54) is 19.2 Å². The molecule has 0 fully saturated rings. The van der Waals surface area contributed by atoms with Gasteiger partial charge < -0.3 is 14.6 Å². The lowest BCUT2D eigenvalue weighted by Gasteiger charge is -2.35. The van der Waals surface area contributed by atoms with Crippen LogP contribution >= 0.6 is 11.3 Å². The van der Waals surface area contributed by atoms with Crippen molar-refractivity contribution in [3.63, 3.8) is 0 Å². The number of halogens is 1. The zero-order chi connectivity index (χ0) is 23.7. The van der Waals surface area contributed by atoms with Crippen LogP contribution in [0.1, 0.15) is 29.3 Å². The summed E-state index contributed by atoms with van der Waals surface area (Å²) in [5.41, 5.74) is 2.74. The van der Waals surface area contributed by atoms with Gasteiger partial charge in [-0.2, -0.15) is 4.98 Å². The molecule has 0 bridgehead atoms. The lowest BCUT2D eigenvalue weighted by atomic mass is 9.94. The summed E-state index contributed by atoms with van der Waals surface area (Å²) in [6.07, 6.45) is 0. The van der Waals surface area contributed by atoms with Crippen molar-refractivity contribution in [3.05, 3.63) is 93.9 Å². The van der Waals surface area contributed by atoms with Crippen molar-refractivity contribution < 1.29 is 18.4 Å². The number of rotatable bonds is 6. The lowest BCUT2D eigenvalue weighted by Crippen LogP contribution is -2.45. The van der Waals surface area contributed by atoms with Crippen molar-refractivity contribution in [2.75, 3.05) is 7.11 Å².